The van der Waals surface area contributed by atoms with Crippen molar-refractivity contribution in [3.8, 4) is 0 Å². The lowest BCUT2D eigenvalue weighted by Crippen LogP contribution is -2.30. The fraction of sp³-hybridized carbons (Fsp3) is 0.250. The Hall–Kier alpha value is -1.98. The van der Waals surface area contributed by atoms with Gasteiger partial charge < -0.3 is 0 Å². The minimum atomic E-state index is -0.737. The standard InChI is InChI=1S/C8H6N4O2/c13-6-2-9-1-5(7(6)14)8-11-3-10-4-12-8/h1,3-5H,2H2. The molecular weight excluding hydrogens is 184 g/mol. The van der Waals surface area contributed by atoms with Crippen LogP contribution < -0.4 is 0 Å². The van der Waals surface area contributed by atoms with Crippen LogP contribution in [0, 0.1) is 0 Å². The Kier molecular flexibility index (Phi) is 2.10. The summed E-state index contributed by atoms with van der Waals surface area (Å²) in [4.78, 5) is 37.4. The summed E-state index contributed by atoms with van der Waals surface area (Å²) < 4.78 is 0. The third kappa shape index (κ3) is 1.41. The van der Waals surface area contributed by atoms with E-state index in [0.717, 1.165) is 0 Å². The molecule has 6 nitrogen and oxygen atoms in total. The highest BCUT2D eigenvalue weighted by Crippen LogP contribution is 2.12. The molecule has 0 amide bonds. The van der Waals surface area contributed by atoms with Crippen molar-refractivity contribution in [2.45, 2.75) is 5.92 Å². The molecule has 0 spiro atoms. The van der Waals surface area contributed by atoms with Crippen LogP contribution in [0.3, 0.4) is 0 Å². The van der Waals surface area contributed by atoms with Gasteiger partial charge in [0.25, 0.3) is 0 Å². The van der Waals surface area contributed by atoms with Gasteiger partial charge in [0.2, 0.25) is 11.6 Å². The first-order valence-corrected chi connectivity index (χ1v) is 3.98. The van der Waals surface area contributed by atoms with Crippen molar-refractivity contribution in [2.75, 3.05) is 6.54 Å². The maximum Gasteiger partial charge on any atom is 0.220 e. The topological polar surface area (TPSA) is 85.2 Å². The third-order valence-corrected chi connectivity index (χ3v) is 1.84. The maximum absolute atomic E-state index is 11.4. The molecule has 0 N–H and O–H groups in total. The molecule has 0 bridgehead atoms. The molecule has 1 aromatic rings. The lowest BCUT2D eigenvalue weighted by atomic mass is 9.99. The Labute approximate surface area is 79.1 Å². The second kappa shape index (κ2) is 3.41. The molecule has 14 heavy (non-hydrogen) atoms. The van der Waals surface area contributed by atoms with Crippen molar-refractivity contribution >= 4 is 17.8 Å². The number of hydrogen-bond donors (Lipinski definition) is 0. The van der Waals surface area contributed by atoms with Crippen molar-refractivity contribution in [3.05, 3.63) is 18.5 Å². The fourth-order valence-electron chi connectivity index (χ4n) is 1.15. The highest BCUT2D eigenvalue weighted by molar-refractivity contribution is 6.44. The predicted octanol–water partition coefficient (Wildman–Crippen LogP) is -0.822. The molecular formula is C8H6N4O2. The van der Waals surface area contributed by atoms with Crippen LogP contribution in [-0.2, 0) is 9.59 Å². The number of nitrogens with zero attached hydrogens (tertiary/aromatic N) is 4. The summed E-state index contributed by atoms with van der Waals surface area (Å²) in [5.74, 6) is -1.48. The summed E-state index contributed by atoms with van der Waals surface area (Å²) in [6, 6.07) is 0. The Morgan fingerprint density at radius 3 is 2.64 bits per heavy atom. The number of hydrogen-bond acceptors (Lipinski definition) is 6. The highest BCUT2D eigenvalue weighted by atomic mass is 16.2. The molecule has 1 atom stereocenters. The number of rotatable bonds is 1. The first-order chi connectivity index (χ1) is 6.79. The Bertz CT molecular complexity index is 401. The summed E-state index contributed by atoms with van der Waals surface area (Å²) in [6.45, 7) is -0.0690. The van der Waals surface area contributed by atoms with Gasteiger partial charge in [-0.3, -0.25) is 14.6 Å². The highest BCUT2D eigenvalue weighted by Gasteiger charge is 2.29. The zero-order chi connectivity index (χ0) is 9.97. The maximum atomic E-state index is 11.4. The van der Waals surface area contributed by atoms with E-state index in [-0.39, 0.29) is 12.4 Å². The molecule has 1 unspecified atom stereocenters. The van der Waals surface area contributed by atoms with Crippen molar-refractivity contribution in [2.24, 2.45) is 4.99 Å². The van der Waals surface area contributed by atoms with Crippen molar-refractivity contribution in [1.29, 1.82) is 0 Å². The number of ketones is 2. The summed E-state index contributed by atoms with van der Waals surface area (Å²) >= 11 is 0. The van der Waals surface area contributed by atoms with Gasteiger partial charge in [-0.05, 0) is 0 Å². The quantitative estimate of drug-likeness (QED) is 0.540. The van der Waals surface area contributed by atoms with E-state index in [9.17, 15) is 9.59 Å². The molecule has 0 saturated carbocycles. The van der Waals surface area contributed by atoms with Crippen LogP contribution in [0.15, 0.2) is 17.6 Å². The lowest BCUT2D eigenvalue weighted by Gasteiger charge is -2.10. The average Bonchev–Trinajstić information content (AvgIpc) is 2.23. The minimum absolute atomic E-state index is 0.0690. The molecule has 1 aliphatic rings. The minimum Gasteiger partial charge on any atom is -0.290 e. The van der Waals surface area contributed by atoms with Crippen LogP contribution in [0.4, 0.5) is 0 Å². The van der Waals surface area contributed by atoms with E-state index in [1.54, 1.807) is 0 Å². The summed E-state index contributed by atoms with van der Waals surface area (Å²) in [6.07, 6.45) is 3.96. The lowest BCUT2D eigenvalue weighted by molar-refractivity contribution is -0.136. The van der Waals surface area contributed by atoms with Gasteiger partial charge >= 0.3 is 0 Å². The van der Waals surface area contributed by atoms with Gasteiger partial charge in [0.1, 0.15) is 30.9 Å². The largest absolute Gasteiger partial charge is 0.290 e. The Morgan fingerprint density at radius 1 is 1.21 bits per heavy atom. The van der Waals surface area contributed by atoms with Crippen LogP contribution in [0.25, 0.3) is 0 Å². The normalized spacial score (nSPS) is 21.3. The van der Waals surface area contributed by atoms with Crippen LogP contribution in [0.1, 0.15) is 11.7 Å². The van der Waals surface area contributed by atoms with E-state index < -0.39 is 17.5 Å². The Balaban J connectivity index is 2.36. The molecule has 2 rings (SSSR count). The second-order valence-corrected chi connectivity index (χ2v) is 2.75. The monoisotopic (exact) mass is 190 g/mol. The van der Waals surface area contributed by atoms with Crippen LogP contribution >= 0.6 is 0 Å². The van der Waals surface area contributed by atoms with Gasteiger partial charge in [-0.25, -0.2) is 15.0 Å². The zero-order valence-corrected chi connectivity index (χ0v) is 7.12. The first kappa shape index (κ1) is 8.61. The molecule has 2 heterocycles. The van der Waals surface area contributed by atoms with Crippen molar-refractivity contribution < 1.29 is 9.59 Å². The molecule has 6 heteroatoms. The first-order valence-electron chi connectivity index (χ1n) is 3.98. The molecule has 0 saturated heterocycles. The predicted molar refractivity (Wildman–Crippen MR) is 45.9 cm³/mol. The second-order valence-electron chi connectivity index (χ2n) is 2.75. The third-order valence-electron chi connectivity index (χ3n) is 1.84. The molecule has 1 aromatic heterocycles. The van der Waals surface area contributed by atoms with E-state index in [1.807, 2.05) is 0 Å². The van der Waals surface area contributed by atoms with Gasteiger partial charge in [0.15, 0.2) is 0 Å². The molecule has 0 fully saturated rings. The molecule has 70 valence electrons. The summed E-state index contributed by atoms with van der Waals surface area (Å²) in [5, 5.41) is 0. The molecule has 0 aliphatic carbocycles. The Morgan fingerprint density at radius 2 is 1.93 bits per heavy atom. The number of Topliss-reactive ketones (excluding diaryl/α,β-unsaturated/α-hetero) is 2. The molecule has 1 aliphatic heterocycles. The summed E-state index contributed by atoms with van der Waals surface area (Å²) in [7, 11) is 0. The van der Waals surface area contributed by atoms with E-state index in [4.69, 9.17) is 0 Å². The van der Waals surface area contributed by atoms with Crippen LogP contribution in [-0.4, -0.2) is 39.3 Å². The molecule has 0 radical (unpaired) electrons. The van der Waals surface area contributed by atoms with E-state index >= 15 is 0 Å². The van der Waals surface area contributed by atoms with Gasteiger partial charge in [-0.2, -0.15) is 0 Å². The zero-order valence-electron chi connectivity index (χ0n) is 7.12. The van der Waals surface area contributed by atoms with Gasteiger partial charge in [0.05, 0.1) is 0 Å². The van der Waals surface area contributed by atoms with Gasteiger partial charge in [-0.1, -0.05) is 0 Å². The van der Waals surface area contributed by atoms with Crippen molar-refractivity contribution in [1.82, 2.24) is 15.0 Å². The number of aromatic nitrogens is 3. The fourth-order valence-corrected chi connectivity index (χ4v) is 1.15. The average molecular weight is 190 g/mol. The summed E-state index contributed by atoms with van der Waals surface area (Å²) in [5.41, 5.74) is 0. The van der Waals surface area contributed by atoms with E-state index in [1.165, 1.54) is 18.9 Å². The van der Waals surface area contributed by atoms with Crippen LogP contribution in [0.2, 0.25) is 0 Å². The smallest absolute Gasteiger partial charge is 0.220 e. The van der Waals surface area contributed by atoms with Crippen LogP contribution in [0.5, 0.6) is 0 Å². The van der Waals surface area contributed by atoms with Gasteiger partial charge in [-0.15, -0.1) is 0 Å². The number of carbonyl (C=O) groups excluding carboxylic acids is 2. The van der Waals surface area contributed by atoms with Gasteiger partial charge in [0, 0.05) is 6.21 Å². The number of carbonyl (C=O) groups is 2. The van der Waals surface area contributed by atoms with E-state index in [2.05, 4.69) is 19.9 Å². The van der Waals surface area contributed by atoms with E-state index in [0.29, 0.717) is 0 Å². The SMILES string of the molecule is O=C1CN=CC(c2ncncn2)C1=O. The molecule has 0 aromatic carbocycles. The van der Waals surface area contributed by atoms with Crippen molar-refractivity contribution in [3.63, 3.8) is 0 Å². The number of aliphatic imine (C=N–C) groups is 1.